The smallest absolute Gasteiger partial charge is 0.260 e. The Morgan fingerprint density at radius 2 is 2.05 bits per heavy atom. The highest BCUT2D eigenvalue weighted by Crippen LogP contribution is 2.32. The molecule has 7 heteroatoms. The highest BCUT2D eigenvalue weighted by molar-refractivity contribution is 7.89. The molecule has 1 aromatic heterocycles. The van der Waals surface area contributed by atoms with Gasteiger partial charge in [0.2, 0.25) is 0 Å². The molecule has 21 heavy (non-hydrogen) atoms. The van der Waals surface area contributed by atoms with E-state index in [-0.39, 0.29) is 11.1 Å². The lowest BCUT2D eigenvalue weighted by molar-refractivity contribution is 0.401. The van der Waals surface area contributed by atoms with Crippen LogP contribution in [0.1, 0.15) is 44.9 Å². The maximum atomic E-state index is 12.6. The zero-order valence-electron chi connectivity index (χ0n) is 13.2. The lowest BCUT2D eigenvalue weighted by atomic mass is 9.98. The Hall–Kier alpha value is -0.920. The third-order valence-electron chi connectivity index (χ3n) is 4.61. The summed E-state index contributed by atoms with van der Waals surface area (Å²) in [5, 5.41) is 10.1. The van der Waals surface area contributed by atoms with Gasteiger partial charge in [-0.2, -0.15) is 5.10 Å². The minimum Gasteiger partial charge on any atom is -0.313 e. The fourth-order valence-electron chi connectivity index (χ4n) is 2.90. The van der Waals surface area contributed by atoms with Gasteiger partial charge >= 0.3 is 0 Å². The molecule has 1 saturated carbocycles. The fourth-order valence-corrected chi connectivity index (χ4v) is 4.45. The summed E-state index contributed by atoms with van der Waals surface area (Å²) in [4.78, 5) is 0. The molecular weight excluding hydrogens is 288 g/mol. The number of rotatable bonds is 6. The fraction of sp³-hybridized carbons (Fsp3) is 0.786. The van der Waals surface area contributed by atoms with Gasteiger partial charge in [-0.25, -0.2) is 13.1 Å². The number of hydrogen-bond acceptors (Lipinski definition) is 4. The molecule has 0 bridgehead atoms. The van der Waals surface area contributed by atoms with Crippen molar-refractivity contribution in [1.82, 2.24) is 20.2 Å². The third-order valence-corrected chi connectivity index (χ3v) is 6.07. The SMILES string of the molecule is CCNCc1c(S(=O)(=O)NC2CCC(C)C2C)n[nH]c1C. The summed E-state index contributed by atoms with van der Waals surface area (Å²) in [6.07, 6.45) is 1.96. The van der Waals surface area contributed by atoms with Gasteiger partial charge in [0, 0.05) is 23.8 Å². The summed E-state index contributed by atoms with van der Waals surface area (Å²) < 4.78 is 28.1. The van der Waals surface area contributed by atoms with E-state index in [0.29, 0.717) is 18.4 Å². The molecule has 0 saturated heterocycles. The Morgan fingerprint density at radius 3 is 2.62 bits per heavy atom. The van der Waals surface area contributed by atoms with Crippen molar-refractivity contribution >= 4 is 10.0 Å². The predicted molar refractivity (Wildman–Crippen MR) is 82.4 cm³/mol. The largest absolute Gasteiger partial charge is 0.313 e. The number of nitrogens with zero attached hydrogens (tertiary/aromatic N) is 1. The molecule has 3 N–H and O–H groups in total. The average molecular weight is 314 g/mol. The molecule has 3 unspecified atom stereocenters. The summed E-state index contributed by atoms with van der Waals surface area (Å²) in [6, 6.07) is 0.00832. The van der Waals surface area contributed by atoms with Gasteiger partial charge < -0.3 is 5.32 Å². The molecule has 0 amide bonds. The van der Waals surface area contributed by atoms with Crippen molar-refractivity contribution in [2.45, 2.75) is 58.1 Å². The monoisotopic (exact) mass is 314 g/mol. The van der Waals surface area contributed by atoms with E-state index in [1.165, 1.54) is 0 Å². The van der Waals surface area contributed by atoms with Gasteiger partial charge in [-0.3, -0.25) is 5.10 Å². The molecule has 1 aliphatic rings. The molecule has 0 aliphatic heterocycles. The number of aromatic amines is 1. The maximum Gasteiger partial charge on any atom is 0.260 e. The van der Waals surface area contributed by atoms with Crippen molar-refractivity contribution in [2.24, 2.45) is 11.8 Å². The molecule has 3 atom stereocenters. The summed E-state index contributed by atoms with van der Waals surface area (Å²) in [6.45, 7) is 9.41. The topological polar surface area (TPSA) is 86.9 Å². The third kappa shape index (κ3) is 3.46. The average Bonchev–Trinajstić information content (AvgIpc) is 2.94. The van der Waals surface area contributed by atoms with Crippen molar-refractivity contribution in [2.75, 3.05) is 6.54 Å². The van der Waals surface area contributed by atoms with Gasteiger partial charge in [0.05, 0.1) is 0 Å². The molecule has 120 valence electrons. The van der Waals surface area contributed by atoms with Gasteiger partial charge in [-0.1, -0.05) is 20.8 Å². The second-order valence-electron chi connectivity index (χ2n) is 6.05. The van der Waals surface area contributed by atoms with Crippen molar-refractivity contribution < 1.29 is 8.42 Å². The zero-order valence-corrected chi connectivity index (χ0v) is 14.0. The number of sulfonamides is 1. The van der Waals surface area contributed by atoms with Gasteiger partial charge in [0.15, 0.2) is 5.03 Å². The zero-order chi connectivity index (χ0) is 15.6. The number of aryl methyl sites for hydroxylation is 1. The molecule has 6 nitrogen and oxygen atoms in total. The Morgan fingerprint density at radius 1 is 1.33 bits per heavy atom. The van der Waals surface area contributed by atoms with Crippen LogP contribution in [0.15, 0.2) is 5.03 Å². The normalized spacial score (nSPS) is 26.4. The molecule has 2 rings (SSSR count). The molecule has 1 aliphatic carbocycles. The van der Waals surface area contributed by atoms with E-state index in [4.69, 9.17) is 0 Å². The Kier molecular flexibility index (Phi) is 5.06. The number of H-pyrrole nitrogens is 1. The lowest BCUT2D eigenvalue weighted by Crippen LogP contribution is -2.38. The van der Waals surface area contributed by atoms with Crippen LogP contribution in [0.4, 0.5) is 0 Å². The van der Waals surface area contributed by atoms with Gasteiger partial charge in [-0.15, -0.1) is 0 Å². The van der Waals surface area contributed by atoms with Crippen LogP contribution in [0, 0.1) is 18.8 Å². The second-order valence-corrected chi connectivity index (χ2v) is 7.68. The van der Waals surface area contributed by atoms with Crippen LogP contribution >= 0.6 is 0 Å². The van der Waals surface area contributed by atoms with E-state index in [1.54, 1.807) is 0 Å². The predicted octanol–water partition coefficient (Wildman–Crippen LogP) is 1.54. The summed E-state index contributed by atoms with van der Waals surface area (Å²) in [5.41, 5.74) is 1.52. The van der Waals surface area contributed by atoms with E-state index in [2.05, 4.69) is 34.1 Å². The first kappa shape index (κ1) is 16.5. The standard InChI is InChI=1S/C14H26N4O2S/c1-5-15-8-12-11(4)16-17-14(12)21(19,20)18-13-7-6-9(2)10(13)3/h9-10,13,15,18H,5-8H2,1-4H3,(H,16,17). The highest BCUT2D eigenvalue weighted by Gasteiger charge is 2.34. The molecule has 0 spiro atoms. The van der Waals surface area contributed by atoms with Crippen LogP contribution in [0.3, 0.4) is 0 Å². The maximum absolute atomic E-state index is 12.6. The van der Waals surface area contributed by atoms with E-state index in [9.17, 15) is 8.42 Å². The van der Waals surface area contributed by atoms with Crippen molar-refractivity contribution in [3.8, 4) is 0 Å². The molecule has 1 fully saturated rings. The van der Waals surface area contributed by atoms with E-state index in [1.807, 2.05) is 13.8 Å². The Bertz CT molecular complexity index is 582. The van der Waals surface area contributed by atoms with Crippen molar-refractivity contribution in [1.29, 1.82) is 0 Å². The van der Waals surface area contributed by atoms with Gasteiger partial charge in [0.1, 0.15) is 0 Å². The van der Waals surface area contributed by atoms with Crippen LogP contribution in [-0.4, -0.2) is 31.2 Å². The Balaban J connectivity index is 2.20. The first-order valence-electron chi connectivity index (χ1n) is 7.63. The second kappa shape index (κ2) is 6.46. The van der Waals surface area contributed by atoms with Gasteiger partial charge in [0.25, 0.3) is 10.0 Å². The minimum absolute atomic E-state index is 0.00832. The van der Waals surface area contributed by atoms with E-state index in [0.717, 1.165) is 30.6 Å². The number of nitrogens with one attached hydrogen (secondary N) is 3. The summed E-state index contributed by atoms with van der Waals surface area (Å²) in [7, 11) is -3.57. The van der Waals surface area contributed by atoms with Crippen LogP contribution in [0.25, 0.3) is 0 Å². The van der Waals surface area contributed by atoms with Gasteiger partial charge in [-0.05, 0) is 38.1 Å². The van der Waals surface area contributed by atoms with Crippen LogP contribution < -0.4 is 10.0 Å². The summed E-state index contributed by atoms with van der Waals surface area (Å²) in [5.74, 6) is 0.914. The van der Waals surface area contributed by atoms with Crippen LogP contribution in [0.5, 0.6) is 0 Å². The Labute approximate surface area is 127 Å². The van der Waals surface area contributed by atoms with Crippen LogP contribution in [0.2, 0.25) is 0 Å². The minimum atomic E-state index is -3.57. The van der Waals surface area contributed by atoms with E-state index < -0.39 is 10.0 Å². The molecule has 0 aromatic carbocycles. The summed E-state index contributed by atoms with van der Waals surface area (Å²) >= 11 is 0. The molecular formula is C14H26N4O2S. The molecule has 1 aromatic rings. The number of aromatic nitrogens is 2. The van der Waals surface area contributed by atoms with Crippen LogP contribution in [-0.2, 0) is 16.6 Å². The highest BCUT2D eigenvalue weighted by atomic mass is 32.2. The molecule has 1 heterocycles. The molecule has 0 radical (unpaired) electrons. The quantitative estimate of drug-likeness (QED) is 0.743. The van der Waals surface area contributed by atoms with Crippen molar-refractivity contribution in [3.05, 3.63) is 11.3 Å². The first-order chi connectivity index (χ1) is 9.86. The van der Waals surface area contributed by atoms with Crippen molar-refractivity contribution in [3.63, 3.8) is 0 Å². The lowest BCUT2D eigenvalue weighted by Gasteiger charge is -2.19. The number of hydrogen-bond donors (Lipinski definition) is 3. The van der Waals surface area contributed by atoms with E-state index >= 15 is 0 Å². The first-order valence-corrected chi connectivity index (χ1v) is 9.12.